The molecule has 21 heavy (non-hydrogen) atoms. The summed E-state index contributed by atoms with van der Waals surface area (Å²) < 4.78 is 0. The zero-order valence-corrected chi connectivity index (χ0v) is 11.9. The Morgan fingerprint density at radius 3 is 2.76 bits per heavy atom. The number of hydrogen-bond acceptors (Lipinski definition) is 3. The normalized spacial score (nSPS) is 29.8. The second-order valence-electron chi connectivity index (χ2n) is 5.70. The highest BCUT2D eigenvalue weighted by atomic mass is 35.5. The molecule has 1 aromatic carbocycles. The summed E-state index contributed by atoms with van der Waals surface area (Å²) >= 11 is 5.85. The van der Waals surface area contributed by atoms with E-state index < -0.39 is 10.9 Å². The number of allylic oxidation sites excluding steroid dienone is 2. The van der Waals surface area contributed by atoms with Crippen LogP contribution in [0.25, 0.3) is 0 Å². The van der Waals surface area contributed by atoms with Gasteiger partial charge in [-0.05, 0) is 41.7 Å². The zero-order valence-electron chi connectivity index (χ0n) is 11.1. The van der Waals surface area contributed by atoms with Crippen molar-refractivity contribution in [1.29, 1.82) is 0 Å². The van der Waals surface area contributed by atoms with Gasteiger partial charge in [-0.1, -0.05) is 29.8 Å². The van der Waals surface area contributed by atoms with Gasteiger partial charge in [0, 0.05) is 12.5 Å². The first-order valence-electron chi connectivity index (χ1n) is 6.81. The average molecular weight is 308 g/mol. The van der Waals surface area contributed by atoms with Crippen molar-refractivity contribution in [3.63, 3.8) is 0 Å². The largest absolute Gasteiger partial charge is 0.481 e. The molecule has 3 rings (SSSR count). The summed E-state index contributed by atoms with van der Waals surface area (Å²) in [5, 5.41) is 20.2. The van der Waals surface area contributed by atoms with E-state index in [9.17, 15) is 14.9 Å². The van der Waals surface area contributed by atoms with Gasteiger partial charge in [0.05, 0.1) is 4.92 Å². The lowest BCUT2D eigenvalue weighted by molar-refractivity contribution is -0.384. The number of carboxylic acids is 1. The Morgan fingerprint density at radius 2 is 2.10 bits per heavy atom. The number of nitro benzene ring substituents is 1. The molecule has 6 heteroatoms. The van der Waals surface area contributed by atoms with Gasteiger partial charge < -0.3 is 5.11 Å². The Morgan fingerprint density at radius 1 is 1.38 bits per heavy atom. The third kappa shape index (κ3) is 2.42. The van der Waals surface area contributed by atoms with E-state index in [1.807, 2.05) is 0 Å². The molecular weight excluding hydrogens is 294 g/mol. The fourth-order valence-corrected chi connectivity index (χ4v) is 3.96. The van der Waals surface area contributed by atoms with Crippen LogP contribution in [0, 0.1) is 27.9 Å². The third-order valence-electron chi connectivity index (χ3n) is 4.58. The van der Waals surface area contributed by atoms with Gasteiger partial charge in [0.2, 0.25) is 0 Å². The van der Waals surface area contributed by atoms with Gasteiger partial charge in [-0.2, -0.15) is 0 Å². The summed E-state index contributed by atoms with van der Waals surface area (Å²) in [5.74, 6) is -0.286. The molecule has 0 saturated heterocycles. The number of carbonyl (C=O) groups is 1. The molecule has 4 atom stereocenters. The molecule has 1 N–H and O–H groups in total. The minimum Gasteiger partial charge on any atom is -0.481 e. The number of benzene rings is 1. The minimum atomic E-state index is -0.825. The van der Waals surface area contributed by atoms with Crippen molar-refractivity contribution in [3.05, 3.63) is 51.1 Å². The summed E-state index contributed by atoms with van der Waals surface area (Å²) in [6, 6.07) is 4.81. The number of fused-ring (bicyclic) bond motifs is 2. The third-order valence-corrected chi connectivity index (χ3v) is 4.90. The van der Waals surface area contributed by atoms with E-state index in [0.29, 0.717) is 0 Å². The standard InChI is InChI=1S/C15H14ClNO4/c16-12-4-3-10(6-13(12)17(20)21)15-9-2-1-8(5-9)11(15)7-14(18)19/h1-4,6,8-9,11,15H,5,7H2,(H,18,19). The number of hydrogen-bond donors (Lipinski definition) is 1. The maximum absolute atomic E-state index is 11.1. The highest BCUT2D eigenvalue weighted by Crippen LogP contribution is 2.54. The summed E-state index contributed by atoms with van der Waals surface area (Å²) in [6.45, 7) is 0. The van der Waals surface area contributed by atoms with Crippen molar-refractivity contribution in [1.82, 2.24) is 0 Å². The van der Waals surface area contributed by atoms with E-state index in [2.05, 4.69) is 12.2 Å². The average Bonchev–Trinajstić information content (AvgIpc) is 2.99. The van der Waals surface area contributed by atoms with Crippen molar-refractivity contribution in [3.8, 4) is 0 Å². The Bertz CT molecular complexity index is 643. The van der Waals surface area contributed by atoms with Crippen LogP contribution in [0.1, 0.15) is 24.3 Å². The van der Waals surface area contributed by atoms with Crippen molar-refractivity contribution >= 4 is 23.3 Å². The summed E-state index contributed by atoms with van der Waals surface area (Å²) in [5.41, 5.74) is 0.698. The fraction of sp³-hybridized carbons (Fsp3) is 0.400. The number of carboxylic acid groups (broad SMARTS) is 1. The summed E-state index contributed by atoms with van der Waals surface area (Å²) in [7, 11) is 0. The maximum atomic E-state index is 11.1. The Hall–Kier alpha value is -1.88. The van der Waals surface area contributed by atoms with Gasteiger partial charge in [-0.15, -0.1) is 0 Å². The molecular formula is C15H14ClNO4. The van der Waals surface area contributed by atoms with Gasteiger partial charge in [-0.25, -0.2) is 0 Å². The van der Waals surface area contributed by atoms with E-state index in [1.54, 1.807) is 6.07 Å². The first-order valence-corrected chi connectivity index (χ1v) is 7.19. The first kappa shape index (κ1) is 14.1. The lowest BCUT2D eigenvalue weighted by Crippen LogP contribution is -2.21. The fourth-order valence-electron chi connectivity index (χ4n) is 3.78. The Balaban J connectivity index is 1.98. The molecule has 2 aliphatic carbocycles. The van der Waals surface area contributed by atoms with Crippen LogP contribution in [0.5, 0.6) is 0 Å². The van der Waals surface area contributed by atoms with E-state index in [4.69, 9.17) is 16.7 Å². The quantitative estimate of drug-likeness (QED) is 0.523. The van der Waals surface area contributed by atoms with Crippen molar-refractivity contribution in [2.45, 2.75) is 18.8 Å². The molecule has 0 spiro atoms. The smallest absolute Gasteiger partial charge is 0.303 e. The Labute approximate surface area is 126 Å². The highest BCUT2D eigenvalue weighted by molar-refractivity contribution is 6.32. The van der Waals surface area contributed by atoms with Gasteiger partial charge in [0.1, 0.15) is 5.02 Å². The SMILES string of the molecule is O=C(O)CC1C2C=CC(C2)C1c1ccc(Cl)c([N+](=O)[O-])c1. The number of aliphatic carboxylic acids is 1. The van der Waals surface area contributed by atoms with Crippen molar-refractivity contribution in [2.24, 2.45) is 17.8 Å². The zero-order chi connectivity index (χ0) is 15.1. The van der Waals surface area contributed by atoms with E-state index >= 15 is 0 Å². The van der Waals surface area contributed by atoms with E-state index in [0.717, 1.165) is 12.0 Å². The van der Waals surface area contributed by atoms with Crippen molar-refractivity contribution in [2.75, 3.05) is 0 Å². The van der Waals surface area contributed by atoms with Gasteiger partial charge in [0.15, 0.2) is 0 Å². The topological polar surface area (TPSA) is 80.4 Å². The second-order valence-corrected chi connectivity index (χ2v) is 6.11. The molecule has 1 saturated carbocycles. The van der Waals surface area contributed by atoms with Crippen LogP contribution in [-0.4, -0.2) is 16.0 Å². The summed E-state index contributed by atoms with van der Waals surface area (Å²) in [4.78, 5) is 21.6. The van der Waals surface area contributed by atoms with Crippen LogP contribution in [0.4, 0.5) is 5.69 Å². The predicted octanol–water partition coefficient (Wildman–Crippen LogP) is 3.63. The van der Waals surface area contributed by atoms with Crippen LogP contribution < -0.4 is 0 Å². The molecule has 0 heterocycles. The number of nitro groups is 1. The highest BCUT2D eigenvalue weighted by Gasteiger charge is 2.46. The summed E-state index contributed by atoms with van der Waals surface area (Å²) in [6.07, 6.45) is 5.21. The minimum absolute atomic E-state index is 0.00159. The lowest BCUT2D eigenvalue weighted by atomic mass is 9.77. The Kier molecular flexibility index (Phi) is 3.45. The first-order chi connectivity index (χ1) is 9.97. The maximum Gasteiger partial charge on any atom is 0.303 e. The van der Waals surface area contributed by atoms with Gasteiger partial charge >= 0.3 is 5.97 Å². The monoisotopic (exact) mass is 307 g/mol. The van der Waals surface area contributed by atoms with Gasteiger partial charge in [0.25, 0.3) is 5.69 Å². The van der Waals surface area contributed by atoms with E-state index in [-0.39, 0.29) is 40.8 Å². The molecule has 1 aromatic rings. The molecule has 2 bridgehead atoms. The van der Waals surface area contributed by atoms with Crippen molar-refractivity contribution < 1.29 is 14.8 Å². The molecule has 1 fully saturated rings. The number of halogens is 1. The molecule has 0 radical (unpaired) electrons. The lowest BCUT2D eigenvalue weighted by Gasteiger charge is -2.27. The molecule has 0 amide bonds. The second kappa shape index (κ2) is 5.15. The number of rotatable bonds is 4. The van der Waals surface area contributed by atoms with E-state index in [1.165, 1.54) is 12.1 Å². The molecule has 5 nitrogen and oxygen atoms in total. The molecule has 0 aliphatic heterocycles. The van der Waals surface area contributed by atoms with Crippen LogP contribution in [0.2, 0.25) is 5.02 Å². The van der Waals surface area contributed by atoms with Crippen LogP contribution in [0.3, 0.4) is 0 Å². The molecule has 4 unspecified atom stereocenters. The predicted molar refractivity (Wildman–Crippen MR) is 77.3 cm³/mol. The van der Waals surface area contributed by atoms with Crippen LogP contribution >= 0.6 is 11.6 Å². The van der Waals surface area contributed by atoms with Gasteiger partial charge in [-0.3, -0.25) is 14.9 Å². The number of nitrogens with zero attached hydrogens (tertiary/aromatic N) is 1. The molecule has 0 aromatic heterocycles. The molecule has 110 valence electrons. The van der Waals surface area contributed by atoms with Crippen LogP contribution in [0.15, 0.2) is 30.4 Å². The van der Waals surface area contributed by atoms with Crippen LogP contribution in [-0.2, 0) is 4.79 Å². The molecule has 2 aliphatic rings.